The third-order valence-electron chi connectivity index (χ3n) is 5.14. The molecule has 6 nitrogen and oxygen atoms in total. The maximum absolute atomic E-state index is 12.4. The SMILES string of the molecule is O=C(NCCCc1ccccc1)c1ccc(CN2C(=O)CCn3nccc32)cc1. The molecular weight excluding hydrogens is 364 g/mol. The number of amides is 2. The number of anilines is 1. The zero-order chi connectivity index (χ0) is 20.1. The Hall–Kier alpha value is -3.41. The van der Waals surface area contributed by atoms with Gasteiger partial charge in [0.15, 0.2) is 0 Å². The van der Waals surface area contributed by atoms with E-state index in [1.165, 1.54) is 5.56 Å². The maximum atomic E-state index is 12.4. The standard InChI is InChI=1S/C23H24N4O2/c28-22-13-16-27-21(12-15-25-27)26(22)17-19-8-10-20(11-9-19)23(29)24-14-4-7-18-5-2-1-3-6-18/h1-3,5-6,8-12,15H,4,7,13-14,16-17H2,(H,24,29). The Morgan fingerprint density at radius 2 is 1.79 bits per heavy atom. The molecule has 0 unspecified atom stereocenters. The molecule has 29 heavy (non-hydrogen) atoms. The van der Waals surface area contributed by atoms with Crippen LogP contribution in [0, 0.1) is 0 Å². The number of nitrogens with one attached hydrogen (secondary N) is 1. The molecule has 1 aromatic heterocycles. The molecule has 0 atom stereocenters. The summed E-state index contributed by atoms with van der Waals surface area (Å²) < 4.78 is 1.85. The summed E-state index contributed by atoms with van der Waals surface area (Å²) in [4.78, 5) is 26.4. The van der Waals surface area contributed by atoms with Crippen molar-refractivity contribution in [2.45, 2.75) is 32.4 Å². The fourth-order valence-corrected chi connectivity index (χ4v) is 3.55. The molecule has 148 valence electrons. The van der Waals surface area contributed by atoms with E-state index in [0.717, 1.165) is 24.2 Å². The summed E-state index contributed by atoms with van der Waals surface area (Å²) in [6.45, 7) is 1.74. The molecule has 0 fully saturated rings. The summed E-state index contributed by atoms with van der Waals surface area (Å²) >= 11 is 0. The zero-order valence-electron chi connectivity index (χ0n) is 16.3. The van der Waals surface area contributed by atoms with Crippen LogP contribution in [-0.2, 0) is 24.3 Å². The lowest BCUT2D eigenvalue weighted by molar-refractivity contribution is -0.119. The van der Waals surface area contributed by atoms with Gasteiger partial charge in [0, 0.05) is 24.6 Å². The van der Waals surface area contributed by atoms with Crippen LogP contribution < -0.4 is 10.2 Å². The number of hydrogen-bond donors (Lipinski definition) is 1. The van der Waals surface area contributed by atoms with Crippen molar-refractivity contribution in [1.82, 2.24) is 15.1 Å². The largest absolute Gasteiger partial charge is 0.352 e. The van der Waals surface area contributed by atoms with E-state index in [1.54, 1.807) is 11.1 Å². The van der Waals surface area contributed by atoms with Crippen molar-refractivity contribution in [3.05, 3.63) is 83.6 Å². The lowest BCUT2D eigenvalue weighted by atomic mass is 10.1. The van der Waals surface area contributed by atoms with E-state index >= 15 is 0 Å². The third kappa shape index (κ3) is 4.54. The molecule has 2 aromatic carbocycles. The first kappa shape index (κ1) is 18.9. The number of carbonyl (C=O) groups is 2. The summed E-state index contributed by atoms with van der Waals surface area (Å²) in [7, 11) is 0. The first-order valence-corrected chi connectivity index (χ1v) is 9.94. The highest BCUT2D eigenvalue weighted by Crippen LogP contribution is 2.23. The first-order valence-electron chi connectivity index (χ1n) is 9.94. The number of nitrogens with zero attached hydrogens (tertiary/aromatic N) is 3. The van der Waals surface area contributed by atoms with Gasteiger partial charge in [0.25, 0.3) is 5.91 Å². The number of aromatic nitrogens is 2. The predicted molar refractivity (Wildman–Crippen MR) is 112 cm³/mol. The number of hydrogen-bond acceptors (Lipinski definition) is 3. The fourth-order valence-electron chi connectivity index (χ4n) is 3.55. The Labute approximate surface area is 170 Å². The van der Waals surface area contributed by atoms with Crippen molar-refractivity contribution < 1.29 is 9.59 Å². The average Bonchev–Trinajstić information content (AvgIpc) is 3.23. The Bertz CT molecular complexity index is 980. The molecule has 0 spiro atoms. The summed E-state index contributed by atoms with van der Waals surface area (Å²) in [5.74, 6) is 0.844. The van der Waals surface area contributed by atoms with Gasteiger partial charge < -0.3 is 5.32 Å². The van der Waals surface area contributed by atoms with Gasteiger partial charge in [0.2, 0.25) is 5.91 Å². The highest BCUT2D eigenvalue weighted by molar-refractivity contribution is 5.95. The number of carbonyl (C=O) groups excluding carboxylic acids is 2. The van der Waals surface area contributed by atoms with E-state index in [2.05, 4.69) is 22.5 Å². The molecule has 0 saturated heterocycles. The van der Waals surface area contributed by atoms with Gasteiger partial charge in [-0.05, 0) is 36.1 Å². The van der Waals surface area contributed by atoms with Crippen molar-refractivity contribution >= 4 is 17.6 Å². The van der Waals surface area contributed by atoms with Crippen LogP contribution in [0.25, 0.3) is 0 Å². The van der Waals surface area contributed by atoms with Crippen molar-refractivity contribution in [2.24, 2.45) is 0 Å². The monoisotopic (exact) mass is 388 g/mol. The van der Waals surface area contributed by atoms with Gasteiger partial charge >= 0.3 is 0 Å². The van der Waals surface area contributed by atoms with Crippen LogP contribution in [0.4, 0.5) is 5.82 Å². The molecular formula is C23H24N4O2. The normalized spacial score (nSPS) is 13.2. The summed E-state index contributed by atoms with van der Waals surface area (Å²) in [5, 5.41) is 7.22. The molecule has 2 amide bonds. The molecule has 1 aliphatic rings. The van der Waals surface area contributed by atoms with Crippen LogP contribution in [-0.4, -0.2) is 28.1 Å². The minimum atomic E-state index is -0.0725. The Morgan fingerprint density at radius 3 is 2.59 bits per heavy atom. The molecule has 0 saturated carbocycles. The minimum absolute atomic E-state index is 0.0725. The summed E-state index contributed by atoms with van der Waals surface area (Å²) in [6, 6.07) is 19.5. The fraction of sp³-hybridized carbons (Fsp3) is 0.261. The van der Waals surface area contributed by atoms with Crippen LogP contribution >= 0.6 is 0 Å². The van der Waals surface area contributed by atoms with Crippen molar-refractivity contribution in [3.63, 3.8) is 0 Å². The average molecular weight is 388 g/mol. The summed E-state index contributed by atoms with van der Waals surface area (Å²) in [6.07, 6.45) is 4.02. The van der Waals surface area contributed by atoms with Gasteiger partial charge in [-0.15, -0.1) is 0 Å². The highest BCUT2D eigenvalue weighted by Gasteiger charge is 2.24. The van der Waals surface area contributed by atoms with Crippen LogP contribution in [0.2, 0.25) is 0 Å². The minimum Gasteiger partial charge on any atom is -0.352 e. The number of aryl methyl sites for hydroxylation is 2. The van der Waals surface area contributed by atoms with Gasteiger partial charge in [-0.3, -0.25) is 14.5 Å². The lowest BCUT2D eigenvalue weighted by Crippen LogP contribution is -2.36. The topological polar surface area (TPSA) is 67.2 Å². The molecule has 1 aliphatic heterocycles. The van der Waals surface area contributed by atoms with Crippen molar-refractivity contribution in [1.29, 1.82) is 0 Å². The van der Waals surface area contributed by atoms with E-state index in [4.69, 9.17) is 0 Å². The number of rotatable bonds is 7. The lowest BCUT2D eigenvalue weighted by Gasteiger charge is -2.27. The van der Waals surface area contributed by atoms with E-state index < -0.39 is 0 Å². The smallest absolute Gasteiger partial charge is 0.251 e. The molecule has 1 N–H and O–H groups in total. The second-order valence-electron chi connectivity index (χ2n) is 7.18. The first-order chi connectivity index (χ1) is 14.2. The summed E-state index contributed by atoms with van der Waals surface area (Å²) in [5.41, 5.74) is 2.89. The van der Waals surface area contributed by atoms with E-state index in [1.807, 2.05) is 53.2 Å². The van der Waals surface area contributed by atoms with Crippen molar-refractivity contribution in [2.75, 3.05) is 11.4 Å². The number of fused-ring (bicyclic) bond motifs is 1. The quantitative estimate of drug-likeness (QED) is 0.632. The van der Waals surface area contributed by atoms with Crippen LogP contribution in [0.15, 0.2) is 66.9 Å². The van der Waals surface area contributed by atoms with E-state index in [-0.39, 0.29) is 11.8 Å². The van der Waals surface area contributed by atoms with Gasteiger partial charge in [-0.2, -0.15) is 5.10 Å². The molecule has 4 rings (SSSR count). The van der Waals surface area contributed by atoms with Gasteiger partial charge in [-0.25, -0.2) is 4.68 Å². The third-order valence-corrected chi connectivity index (χ3v) is 5.14. The van der Waals surface area contributed by atoms with E-state index in [9.17, 15) is 9.59 Å². The van der Waals surface area contributed by atoms with Crippen molar-refractivity contribution in [3.8, 4) is 0 Å². The number of benzene rings is 2. The molecule has 0 bridgehead atoms. The molecule has 0 aliphatic carbocycles. The Balaban J connectivity index is 1.30. The zero-order valence-corrected chi connectivity index (χ0v) is 16.3. The Morgan fingerprint density at radius 1 is 1.00 bits per heavy atom. The Kier molecular flexibility index (Phi) is 5.70. The molecule has 6 heteroatoms. The van der Waals surface area contributed by atoms with Crippen LogP contribution in [0.1, 0.15) is 34.3 Å². The van der Waals surface area contributed by atoms with Crippen LogP contribution in [0.3, 0.4) is 0 Å². The van der Waals surface area contributed by atoms with Gasteiger partial charge in [0.1, 0.15) is 5.82 Å². The maximum Gasteiger partial charge on any atom is 0.251 e. The predicted octanol–water partition coefficient (Wildman–Crippen LogP) is 3.18. The van der Waals surface area contributed by atoms with Gasteiger partial charge in [-0.1, -0.05) is 42.5 Å². The molecule has 0 radical (unpaired) electrons. The highest BCUT2D eigenvalue weighted by atomic mass is 16.2. The second kappa shape index (κ2) is 8.73. The van der Waals surface area contributed by atoms with E-state index in [0.29, 0.717) is 31.6 Å². The second-order valence-corrected chi connectivity index (χ2v) is 7.18. The molecule has 2 heterocycles. The van der Waals surface area contributed by atoms with Crippen LogP contribution in [0.5, 0.6) is 0 Å². The molecule has 3 aromatic rings. The van der Waals surface area contributed by atoms with Gasteiger partial charge in [0.05, 0.1) is 19.3 Å².